The van der Waals surface area contributed by atoms with E-state index in [1.165, 1.54) is 0 Å². The molecule has 6 nitrogen and oxygen atoms in total. The second kappa shape index (κ2) is 7.03. The molecule has 5 rings (SSSR count). The summed E-state index contributed by atoms with van der Waals surface area (Å²) in [6.07, 6.45) is 2.81. The lowest BCUT2D eigenvalue weighted by atomic mass is 10.1. The van der Waals surface area contributed by atoms with Crippen LogP contribution in [-0.2, 0) is 19.4 Å². The minimum Gasteiger partial charge on any atom is -0.365 e. The van der Waals surface area contributed by atoms with Crippen molar-refractivity contribution in [3.63, 3.8) is 0 Å². The third-order valence-corrected chi connectivity index (χ3v) is 5.19. The zero-order chi connectivity index (χ0) is 18.9. The average Bonchev–Trinajstić information content (AvgIpc) is 3.17. The van der Waals surface area contributed by atoms with Gasteiger partial charge >= 0.3 is 0 Å². The number of rotatable bonds is 4. The normalized spacial score (nSPS) is 16.1. The summed E-state index contributed by atoms with van der Waals surface area (Å²) in [6, 6.07) is 18.5. The zero-order valence-corrected chi connectivity index (χ0v) is 15.8. The molecule has 6 heteroatoms. The molecule has 1 N–H and O–H groups in total. The quantitative estimate of drug-likeness (QED) is 0.590. The molecule has 0 fully saturated rings. The fourth-order valence-corrected chi connectivity index (χ4v) is 3.72. The van der Waals surface area contributed by atoms with Crippen LogP contribution < -0.4 is 5.32 Å². The number of aromatic nitrogens is 5. The third kappa shape index (κ3) is 3.11. The summed E-state index contributed by atoms with van der Waals surface area (Å²) in [5, 5.41) is 9.33. The molecule has 0 saturated carbocycles. The molecule has 1 aliphatic heterocycles. The van der Waals surface area contributed by atoms with Crippen LogP contribution in [0.4, 0.5) is 5.82 Å². The van der Waals surface area contributed by atoms with Crippen LogP contribution in [0.1, 0.15) is 25.0 Å². The Kier molecular flexibility index (Phi) is 4.24. The standard InChI is InChI=1S/C22H22N6/c1-2-19-25-20-13-12-16(14-28(20)27-19)23-22-17-10-6-7-11-18(17)24-21(26-22)15-8-4-3-5-9-15/h3-11,16H,2,12-14H2,1H3,(H,23,24,26). The monoisotopic (exact) mass is 370 g/mol. The third-order valence-electron chi connectivity index (χ3n) is 5.19. The molecule has 0 aliphatic carbocycles. The number of fused-ring (bicyclic) bond motifs is 2. The SMILES string of the molecule is CCc1nc2n(n1)CC(Nc1nc(-c3ccccc3)nc3ccccc13)CC2. The van der Waals surface area contributed by atoms with E-state index >= 15 is 0 Å². The summed E-state index contributed by atoms with van der Waals surface area (Å²) < 4.78 is 2.04. The van der Waals surface area contributed by atoms with Gasteiger partial charge in [-0.3, -0.25) is 0 Å². The van der Waals surface area contributed by atoms with E-state index in [-0.39, 0.29) is 6.04 Å². The number of hydrogen-bond donors (Lipinski definition) is 1. The van der Waals surface area contributed by atoms with Crippen molar-refractivity contribution in [2.45, 2.75) is 38.8 Å². The summed E-state index contributed by atoms with van der Waals surface area (Å²) in [7, 11) is 0. The van der Waals surface area contributed by atoms with E-state index < -0.39 is 0 Å². The number of para-hydroxylation sites is 1. The summed E-state index contributed by atoms with van der Waals surface area (Å²) >= 11 is 0. The Morgan fingerprint density at radius 3 is 2.68 bits per heavy atom. The largest absolute Gasteiger partial charge is 0.365 e. The Morgan fingerprint density at radius 2 is 1.82 bits per heavy atom. The highest BCUT2D eigenvalue weighted by atomic mass is 15.4. The van der Waals surface area contributed by atoms with Gasteiger partial charge in [-0.25, -0.2) is 19.6 Å². The lowest BCUT2D eigenvalue weighted by Crippen LogP contribution is -2.32. The first-order chi connectivity index (χ1) is 13.8. The molecule has 1 atom stereocenters. The molecule has 0 spiro atoms. The molecule has 0 radical (unpaired) electrons. The van der Waals surface area contributed by atoms with Gasteiger partial charge in [0.1, 0.15) is 11.6 Å². The van der Waals surface area contributed by atoms with Crippen molar-refractivity contribution in [3.05, 3.63) is 66.2 Å². The van der Waals surface area contributed by atoms with Crippen LogP contribution in [0.2, 0.25) is 0 Å². The van der Waals surface area contributed by atoms with Crippen molar-refractivity contribution in [1.82, 2.24) is 24.7 Å². The highest BCUT2D eigenvalue weighted by molar-refractivity contribution is 5.90. The molecule has 2 aromatic carbocycles. The van der Waals surface area contributed by atoms with Crippen molar-refractivity contribution >= 4 is 16.7 Å². The van der Waals surface area contributed by atoms with Gasteiger partial charge in [-0.15, -0.1) is 0 Å². The van der Waals surface area contributed by atoms with Crippen molar-refractivity contribution in [3.8, 4) is 11.4 Å². The summed E-state index contributed by atoms with van der Waals surface area (Å²) in [5.41, 5.74) is 1.97. The molecule has 140 valence electrons. The second-order valence-electron chi connectivity index (χ2n) is 7.14. The minimum absolute atomic E-state index is 0.265. The molecule has 0 amide bonds. The van der Waals surface area contributed by atoms with Gasteiger partial charge in [0.15, 0.2) is 11.6 Å². The number of benzene rings is 2. The maximum Gasteiger partial charge on any atom is 0.162 e. The summed E-state index contributed by atoms with van der Waals surface area (Å²) in [5.74, 6) is 3.64. The van der Waals surface area contributed by atoms with E-state index in [9.17, 15) is 0 Å². The van der Waals surface area contributed by atoms with Gasteiger partial charge in [-0.2, -0.15) is 5.10 Å². The van der Waals surface area contributed by atoms with Crippen LogP contribution in [0.15, 0.2) is 54.6 Å². The van der Waals surface area contributed by atoms with Gasteiger partial charge in [0, 0.05) is 29.8 Å². The Bertz CT molecular complexity index is 1120. The van der Waals surface area contributed by atoms with E-state index in [0.717, 1.165) is 65.6 Å². The molecular formula is C22H22N6. The number of hydrogen-bond acceptors (Lipinski definition) is 5. The van der Waals surface area contributed by atoms with E-state index in [4.69, 9.17) is 9.97 Å². The number of nitrogens with zero attached hydrogens (tertiary/aromatic N) is 5. The van der Waals surface area contributed by atoms with Crippen molar-refractivity contribution in [2.24, 2.45) is 0 Å². The second-order valence-corrected chi connectivity index (χ2v) is 7.14. The van der Waals surface area contributed by atoms with Gasteiger partial charge in [0.2, 0.25) is 0 Å². The Balaban J connectivity index is 1.50. The maximum absolute atomic E-state index is 4.88. The molecule has 4 aromatic rings. The van der Waals surface area contributed by atoms with Gasteiger partial charge in [-0.1, -0.05) is 49.4 Å². The van der Waals surface area contributed by atoms with Crippen LogP contribution in [-0.4, -0.2) is 30.8 Å². The van der Waals surface area contributed by atoms with Crippen LogP contribution >= 0.6 is 0 Å². The fraction of sp³-hybridized carbons (Fsp3) is 0.273. The predicted molar refractivity (Wildman–Crippen MR) is 110 cm³/mol. The van der Waals surface area contributed by atoms with Crippen LogP contribution in [0.3, 0.4) is 0 Å². The summed E-state index contributed by atoms with van der Waals surface area (Å²) in [6.45, 7) is 2.90. The molecule has 0 bridgehead atoms. The molecule has 1 unspecified atom stereocenters. The van der Waals surface area contributed by atoms with E-state index in [1.807, 2.05) is 53.2 Å². The van der Waals surface area contributed by atoms with Gasteiger partial charge in [0.05, 0.1) is 12.1 Å². The molecule has 28 heavy (non-hydrogen) atoms. The highest BCUT2D eigenvalue weighted by Crippen LogP contribution is 2.26. The lowest BCUT2D eigenvalue weighted by molar-refractivity contribution is 0.440. The summed E-state index contributed by atoms with van der Waals surface area (Å²) in [4.78, 5) is 14.3. The average molecular weight is 370 g/mol. The van der Waals surface area contributed by atoms with Gasteiger partial charge in [-0.05, 0) is 18.6 Å². The minimum atomic E-state index is 0.265. The van der Waals surface area contributed by atoms with Crippen LogP contribution in [0.5, 0.6) is 0 Å². The van der Waals surface area contributed by atoms with E-state index in [2.05, 4.69) is 28.4 Å². The smallest absolute Gasteiger partial charge is 0.162 e. The first kappa shape index (κ1) is 16.9. The van der Waals surface area contributed by atoms with Crippen molar-refractivity contribution in [1.29, 1.82) is 0 Å². The zero-order valence-electron chi connectivity index (χ0n) is 15.8. The van der Waals surface area contributed by atoms with E-state index in [0.29, 0.717) is 0 Å². The Morgan fingerprint density at radius 1 is 1.00 bits per heavy atom. The van der Waals surface area contributed by atoms with Crippen LogP contribution in [0.25, 0.3) is 22.3 Å². The Hall–Kier alpha value is -3.28. The first-order valence-electron chi connectivity index (χ1n) is 9.81. The number of nitrogens with one attached hydrogen (secondary N) is 1. The fourth-order valence-electron chi connectivity index (χ4n) is 3.72. The number of anilines is 1. The van der Waals surface area contributed by atoms with Gasteiger partial charge in [0.25, 0.3) is 0 Å². The lowest BCUT2D eigenvalue weighted by Gasteiger charge is -2.24. The van der Waals surface area contributed by atoms with E-state index in [1.54, 1.807) is 0 Å². The van der Waals surface area contributed by atoms with Crippen molar-refractivity contribution in [2.75, 3.05) is 5.32 Å². The molecule has 0 saturated heterocycles. The van der Waals surface area contributed by atoms with Gasteiger partial charge < -0.3 is 5.32 Å². The Labute approximate surface area is 163 Å². The molecule has 3 heterocycles. The maximum atomic E-state index is 4.88. The van der Waals surface area contributed by atoms with Crippen LogP contribution in [0, 0.1) is 0 Å². The topological polar surface area (TPSA) is 68.5 Å². The number of aryl methyl sites for hydroxylation is 2. The first-order valence-corrected chi connectivity index (χ1v) is 9.81. The molecule has 1 aliphatic rings. The molecule has 2 aromatic heterocycles. The predicted octanol–water partition coefficient (Wildman–Crippen LogP) is 3.88. The molecular weight excluding hydrogens is 348 g/mol. The highest BCUT2D eigenvalue weighted by Gasteiger charge is 2.22. The van der Waals surface area contributed by atoms with Crippen molar-refractivity contribution < 1.29 is 0 Å².